The zero-order valence-corrected chi connectivity index (χ0v) is 19.7. The van der Waals surface area contributed by atoms with Crippen molar-refractivity contribution in [3.05, 3.63) is 58.2 Å². The lowest BCUT2D eigenvalue weighted by molar-refractivity contribution is -0.120. The average Bonchev–Trinajstić information content (AvgIpc) is 3.71. The van der Waals surface area contributed by atoms with E-state index in [-0.39, 0.29) is 11.6 Å². The number of carbonyl (C=O) groups is 2. The van der Waals surface area contributed by atoms with Crippen LogP contribution in [0, 0.1) is 29.1 Å². The van der Waals surface area contributed by atoms with E-state index in [0.717, 1.165) is 36.2 Å². The van der Waals surface area contributed by atoms with E-state index in [4.69, 9.17) is 9.47 Å². The van der Waals surface area contributed by atoms with Crippen LogP contribution in [0.3, 0.4) is 0 Å². The van der Waals surface area contributed by atoms with Gasteiger partial charge in [-0.15, -0.1) is 0 Å². The van der Waals surface area contributed by atoms with Crippen LogP contribution in [0.15, 0.2) is 47.1 Å². The lowest BCUT2D eigenvalue weighted by atomic mass is 9.52. The van der Waals surface area contributed by atoms with Gasteiger partial charge in [0.05, 0.1) is 0 Å². The number of allylic oxidation sites excluding steroid dienone is 2. The van der Waals surface area contributed by atoms with Gasteiger partial charge in [0.1, 0.15) is 0 Å². The topological polar surface area (TPSA) is 55.9 Å². The number of benzene rings is 1. The average molecular weight is 445 g/mol. The summed E-state index contributed by atoms with van der Waals surface area (Å²) >= 11 is 0. The lowest BCUT2D eigenvalue weighted by Crippen LogP contribution is -2.43. The lowest BCUT2D eigenvalue weighted by Gasteiger charge is -2.52. The largest absolute Gasteiger partial charge is 0.353 e. The summed E-state index contributed by atoms with van der Waals surface area (Å²) in [4.78, 5) is 24.9. The monoisotopic (exact) mass is 444 g/mol. The van der Waals surface area contributed by atoms with Gasteiger partial charge in [-0.05, 0) is 90.9 Å². The van der Waals surface area contributed by atoms with Gasteiger partial charge in [-0.25, -0.2) is 0 Å². The summed E-state index contributed by atoms with van der Waals surface area (Å²) in [6.45, 7) is 4.20. The van der Waals surface area contributed by atoms with Crippen molar-refractivity contribution in [1.82, 2.24) is 0 Å². The summed E-state index contributed by atoms with van der Waals surface area (Å²) in [5.74, 6) is 3.69. The fraction of sp³-hybridized carbons (Fsp3) is 0.586. The van der Waals surface area contributed by atoms with Crippen LogP contribution < -0.4 is 0 Å². The van der Waals surface area contributed by atoms with Gasteiger partial charge in [0.25, 0.3) is 0 Å². The summed E-state index contributed by atoms with van der Waals surface area (Å²) in [5.41, 5.74) is 5.89. The highest BCUT2D eigenvalue weighted by Crippen LogP contribution is 2.74. The molecule has 0 radical (unpaired) electrons. The second-order valence-electron chi connectivity index (χ2n) is 11.7. The first-order valence-corrected chi connectivity index (χ1v) is 12.7. The van der Waals surface area contributed by atoms with Gasteiger partial charge in [0.15, 0.2) is 23.5 Å². The Morgan fingerprint density at radius 1 is 1.15 bits per heavy atom. The summed E-state index contributed by atoms with van der Waals surface area (Å²) in [6, 6.07) is 8.36. The van der Waals surface area contributed by atoms with Crippen molar-refractivity contribution >= 4 is 11.6 Å². The molecule has 0 N–H and O–H groups in total. The molecule has 4 fully saturated rings. The molecule has 8 atom stereocenters. The van der Waals surface area contributed by atoms with Crippen LogP contribution >= 0.6 is 0 Å². The zero-order valence-electron chi connectivity index (χ0n) is 19.7. The van der Waals surface area contributed by atoms with Gasteiger partial charge < -0.3 is 9.47 Å². The maximum Gasteiger partial charge on any atom is 0.195 e. The molecule has 1 spiro atoms. The summed E-state index contributed by atoms with van der Waals surface area (Å²) in [7, 11) is 1.63. The van der Waals surface area contributed by atoms with E-state index >= 15 is 0 Å². The number of hydrogen-bond acceptors (Lipinski definition) is 4. The minimum Gasteiger partial charge on any atom is -0.353 e. The molecule has 3 saturated carbocycles. The first-order chi connectivity index (χ1) is 15.9. The predicted molar refractivity (Wildman–Crippen MR) is 124 cm³/mol. The van der Waals surface area contributed by atoms with Crippen LogP contribution in [0.4, 0.5) is 0 Å². The van der Waals surface area contributed by atoms with Crippen molar-refractivity contribution in [2.75, 3.05) is 7.11 Å². The van der Waals surface area contributed by atoms with Crippen molar-refractivity contribution in [3.8, 4) is 0 Å². The van der Waals surface area contributed by atoms with Crippen LogP contribution in [0.2, 0.25) is 0 Å². The fourth-order valence-corrected chi connectivity index (χ4v) is 8.52. The van der Waals surface area contributed by atoms with Gasteiger partial charge >= 0.3 is 0 Å². The Hall–Kier alpha value is -2.04. The highest BCUT2D eigenvalue weighted by atomic mass is 16.8. The highest BCUT2D eigenvalue weighted by Gasteiger charge is 2.67. The van der Waals surface area contributed by atoms with Gasteiger partial charge in [-0.2, -0.15) is 0 Å². The number of ether oxygens (including phenoxy) is 2. The number of epoxide rings is 1. The maximum absolute atomic E-state index is 13.0. The Bertz CT molecular complexity index is 1140. The molecule has 1 saturated heterocycles. The Kier molecular flexibility index (Phi) is 4.03. The molecule has 0 bridgehead atoms. The Labute approximate surface area is 195 Å². The molecule has 1 aromatic rings. The first kappa shape index (κ1) is 20.3. The molecular formula is C29H32O4. The molecule has 33 heavy (non-hydrogen) atoms. The van der Waals surface area contributed by atoms with E-state index in [1.807, 2.05) is 18.2 Å². The third-order valence-electron chi connectivity index (χ3n) is 10.3. The number of Topliss-reactive ketones (excluding diaryl/α,β-unsaturated/α-hetero) is 1. The molecule has 1 aliphatic heterocycles. The zero-order chi connectivity index (χ0) is 22.7. The molecule has 172 valence electrons. The normalized spacial score (nSPS) is 44.6. The second-order valence-corrected chi connectivity index (χ2v) is 11.7. The SMILES string of the molecule is COC1OC12CC1=C3[C@@H](CCC1=CC2=O)[C@@H]1C[C@H]2C[C@H]2[C@@]1(C)C[C@@H]3c1ccc(C(C)=O)cc1. The molecule has 4 heteroatoms. The molecule has 2 unspecified atom stereocenters. The fourth-order valence-electron chi connectivity index (χ4n) is 8.52. The number of ketones is 2. The quantitative estimate of drug-likeness (QED) is 0.464. The third-order valence-corrected chi connectivity index (χ3v) is 10.3. The van der Waals surface area contributed by atoms with E-state index in [1.54, 1.807) is 19.6 Å². The second kappa shape index (κ2) is 6.55. The highest BCUT2D eigenvalue weighted by molar-refractivity contribution is 6.02. The van der Waals surface area contributed by atoms with Crippen molar-refractivity contribution < 1.29 is 19.1 Å². The molecule has 1 heterocycles. The van der Waals surface area contributed by atoms with Gasteiger partial charge in [0, 0.05) is 25.0 Å². The van der Waals surface area contributed by atoms with E-state index in [0.29, 0.717) is 23.7 Å². The summed E-state index contributed by atoms with van der Waals surface area (Å²) in [5, 5.41) is 0. The molecule has 1 aromatic carbocycles. The van der Waals surface area contributed by atoms with Crippen LogP contribution in [-0.4, -0.2) is 30.6 Å². The van der Waals surface area contributed by atoms with Gasteiger partial charge in [-0.1, -0.05) is 36.8 Å². The van der Waals surface area contributed by atoms with Gasteiger partial charge in [-0.3, -0.25) is 9.59 Å². The van der Waals surface area contributed by atoms with E-state index < -0.39 is 11.9 Å². The number of fused-ring (bicyclic) bond motifs is 6. The number of methoxy groups -OCH3 is 1. The Balaban J connectivity index is 1.38. The number of rotatable bonds is 3. The van der Waals surface area contributed by atoms with E-state index in [2.05, 4.69) is 19.1 Å². The molecular weight excluding hydrogens is 412 g/mol. The summed E-state index contributed by atoms with van der Waals surface area (Å²) < 4.78 is 11.3. The molecule has 0 aromatic heterocycles. The van der Waals surface area contributed by atoms with Gasteiger partial charge in [0.2, 0.25) is 0 Å². The van der Waals surface area contributed by atoms with Crippen molar-refractivity contribution in [3.63, 3.8) is 0 Å². The standard InChI is InChI=1S/C29H32O4/c1-15(30)16-4-6-17(7-5-16)21-13-28(2)23-10-19(23)11-24(28)20-9-8-18-12-25(31)29(27(32-3)33-29)14-22(18)26(20)21/h4-7,12,19-21,23-24,27H,8-11,13-14H2,1-3H3/t19-,20+,21-,23-,24+,27?,28-,29?/m1/s1. The molecule has 7 rings (SSSR count). The smallest absolute Gasteiger partial charge is 0.195 e. The third kappa shape index (κ3) is 2.65. The minimum atomic E-state index is -0.802. The summed E-state index contributed by atoms with van der Waals surface area (Å²) in [6.07, 6.45) is 8.22. The number of hydrogen-bond donors (Lipinski definition) is 0. The number of carbonyl (C=O) groups excluding carboxylic acids is 2. The minimum absolute atomic E-state index is 0.0808. The van der Waals surface area contributed by atoms with Crippen LogP contribution in [0.5, 0.6) is 0 Å². The van der Waals surface area contributed by atoms with Crippen molar-refractivity contribution in [2.24, 2.45) is 29.1 Å². The molecule has 6 aliphatic rings. The van der Waals surface area contributed by atoms with Crippen molar-refractivity contribution in [1.29, 1.82) is 0 Å². The van der Waals surface area contributed by atoms with E-state index in [1.165, 1.54) is 36.0 Å². The predicted octanol–water partition coefficient (Wildman–Crippen LogP) is 5.39. The van der Waals surface area contributed by atoms with Crippen LogP contribution in [0.25, 0.3) is 0 Å². The molecule has 4 nitrogen and oxygen atoms in total. The van der Waals surface area contributed by atoms with Crippen LogP contribution in [-0.2, 0) is 14.3 Å². The van der Waals surface area contributed by atoms with Crippen molar-refractivity contribution in [2.45, 2.75) is 70.2 Å². The first-order valence-electron chi connectivity index (χ1n) is 12.7. The molecule has 5 aliphatic carbocycles. The van der Waals surface area contributed by atoms with E-state index in [9.17, 15) is 9.59 Å². The Morgan fingerprint density at radius 3 is 2.61 bits per heavy atom. The molecule has 0 amide bonds. The maximum atomic E-state index is 13.0. The van der Waals surface area contributed by atoms with Crippen LogP contribution in [0.1, 0.15) is 74.2 Å². The Morgan fingerprint density at radius 2 is 1.91 bits per heavy atom.